The number of aryl methyl sites for hydroxylation is 1. The molecule has 0 amide bonds. The summed E-state index contributed by atoms with van der Waals surface area (Å²) in [6.45, 7) is 2.00. The van der Waals surface area contributed by atoms with Gasteiger partial charge in [-0.25, -0.2) is 15.0 Å². The lowest BCUT2D eigenvalue weighted by atomic mass is 10.1. The minimum atomic E-state index is -4.62. The molecule has 156 valence electrons. The molecule has 3 rings (SSSR count). The Bertz CT molecular complexity index is 1080. The number of nitrogens with one attached hydrogen (secondary N) is 2. The van der Waals surface area contributed by atoms with Crippen LogP contribution in [0.3, 0.4) is 0 Å². The Morgan fingerprint density at radius 2 is 1.70 bits per heavy atom. The predicted molar refractivity (Wildman–Crippen MR) is 105 cm³/mol. The van der Waals surface area contributed by atoms with Gasteiger partial charge in [0.1, 0.15) is 6.33 Å². The lowest BCUT2D eigenvalue weighted by molar-refractivity contribution is -0.383. The van der Waals surface area contributed by atoms with E-state index in [1.165, 1.54) is 0 Å². The van der Waals surface area contributed by atoms with E-state index in [0.29, 0.717) is 18.0 Å². The fraction of sp³-hybridized carbons (Fsp3) is 0.167. The Labute approximate surface area is 173 Å². The molecule has 0 bridgehead atoms. The van der Waals surface area contributed by atoms with Crippen LogP contribution in [0.15, 0.2) is 42.9 Å². The number of benzene rings is 1. The number of hydrogen-bond acceptors (Lipinski definition) is 7. The highest BCUT2D eigenvalue weighted by Gasteiger charge is 2.32. The molecule has 2 heterocycles. The molecule has 12 heteroatoms. The highest BCUT2D eigenvalue weighted by atomic mass is 35.5. The SMILES string of the molecule is CCc1ccc(Nc2ncnc(Nc3ncc(C(F)(F)F)cc3Cl)c2[N+](=O)[O-])cc1. The largest absolute Gasteiger partial charge is 0.417 e. The Hall–Kier alpha value is -3.47. The summed E-state index contributed by atoms with van der Waals surface area (Å²) in [4.78, 5) is 22.2. The molecular formula is C18H14ClF3N6O2. The summed E-state index contributed by atoms with van der Waals surface area (Å²) < 4.78 is 38.3. The van der Waals surface area contributed by atoms with Gasteiger partial charge in [0.05, 0.1) is 15.5 Å². The van der Waals surface area contributed by atoms with Crippen molar-refractivity contribution in [3.05, 3.63) is 69.1 Å². The van der Waals surface area contributed by atoms with E-state index in [4.69, 9.17) is 11.6 Å². The maximum atomic E-state index is 12.8. The number of nitro groups is 1. The summed E-state index contributed by atoms with van der Waals surface area (Å²) in [6, 6.07) is 7.87. The first-order valence-corrected chi connectivity index (χ1v) is 8.92. The van der Waals surface area contributed by atoms with Crippen LogP contribution in [0.1, 0.15) is 18.1 Å². The first-order chi connectivity index (χ1) is 14.2. The highest BCUT2D eigenvalue weighted by molar-refractivity contribution is 6.33. The number of anilines is 4. The van der Waals surface area contributed by atoms with Crippen molar-refractivity contribution in [1.82, 2.24) is 15.0 Å². The third-order valence-corrected chi connectivity index (χ3v) is 4.32. The number of halogens is 4. The number of aromatic nitrogens is 3. The summed E-state index contributed by atoms with van der Waals surface area (Å²) in [5.41, 5.74) is 0.0803. The summed E-state index contributed by atoms with van der Waals surface area (Å²) in [5, 5.41) is 16.6. The quantitative estimate of drug-likeness (QED) is 0.386. The zero-order valence-electron chi connectivity index (χ0n) is 15.4. The monoisotopic (exact) mass is 438 g/mol. The van der Waals surface area contributed by atoms with E-state index >= 15 is 0 Å². The van der Waals surface area contributed by atoms with Crippen LogP contribution < -0.4 is 10.6 Å². The summed E-state index contributed by atoms with van der Waals surface area (Å²) >= 11 is 5.86. The minimum Gasteiger partial charge on any atom is -0.334 e. The van der Waals surface area contributed by atoms with Crippen LogP contribution in [0.5, 0.6) is 0 Å². The van der Waals surface area contributed by atoms with E-state index in [1.807, 2.05) is 19.1 Å². The molecule has 0 radical (unpaired) electrons. The lowest BCUT2D eigenvalue weighted by Gasteiger charge is -2.12. The van der Waals surface area contributed by atoms with Crippen LogP contribution in [-0.2, 0) is 12.6 Å². The van der Waals surface area contributed by atoms with Crippen molar-refractivity contribution in [2.24, 2.45) is 0 Å². The average molecular weight is 439 g/mol. The van der Waals surface area contributed by atoms with E-state index in [1.54, 1.807) is 12.1 Å². The van der Waals surface area contributed by atoms with E-state index in [9.17, 15) is 23.3 Å². The van der Waals surface area contributed by atoms with Gasteiger partial charge in [-0.2, -0.15) is 13.2 Å². The zero-order chi connectivity index (χ0) is 21.9. The van der Waals surface area contributed by atoms with Gasteiger partial charge >= 0.3 is 11.9 Å². The van der Waals surface area contributed by atoms with Gasteiger partial charge in [-0.1, -0.05) is 30.7 Å². The van der Waals surface area contributed by atoms with Crippen LogP contribution in [-0.4, -0.2) is 19.9 Å². The molecule has 0 aliphatic heterocycles. The second kappa shape index (κ2) is 8.49. The van der Waals surface area contributed by atoms with Crippen LogP contribution in [0.2, 0.25) is 5.02 Å². The van der Waals surface area contributed by atoms with Crippen LogP contribution in [0.25, 0.3) is 0 Å². The molecule has 0 saturated carbocycles. The van der Waals surface area contributed by atoms with Crippen molar-refractivity contribution in [3.8, 4) is 0 Å². The number of nitrogens with zero attached hydrogens (tertiary/aromatic N) is 4. The van der Waals surface area contributed by atoms with Crippen molar-refractivity contribution in [2.75, 3.05) is 10.6 Å². The second-order valence-electron chi connectivity index (χ2n) is 6.03. The van der Waals surface area contributed by atoms with E-state index in [-0.39, 0.29) is 22.5 Å². The maximum absolute atomic E-state index is 12.8. The molecule has 0 saturated heterocycles. The first-order valence-electron chi connectivity index (χ1n) is 8.54. The molecule has 2 aromatic heterocycles. The number of hydrogen-bond donors (Lipinski definition) is 2. The smallest absolute Gasteiger partial charge is 0.334 e. The Balaban J connectivity index is 1.94. The normalized spacial score (nSPS) is 11.2. The fourth-order valence-electron chi connectivity index (χ4n) is 2.49. The second-order valence-corrected chi connectivity index (χ2v) is 6.44. The van der Waals surface area contributed by atoms with Crippen molar-refractivity contribution in [3.63, 3.8) is 0 Å². The molecular weight excluding hydrogens is 425 g/mol. The molecule has 0 atom stereocenters. The molecule has 3 aromatic rings. The highest BCUT2D eigenvalue weighted by Crippen LogP contribution is 2.36. The first kappa shape index (κ1) is 21.2. The van der Waals surface area contributed by atoms with Crippen LogP contribution in [0.4, 0.5) is 42.0 Å². The Morgan fingerprint density at radius 3 is 2.23 bits per heavy atom. The molecule has 0 aliphatic rings. The number of rotatable bonds is 6. The summed E-state index contributed by atoms with van der Waals surface area (Å²) in [6.07, 6.45) is -2.16. The molecule has 0 unspecified atom stereocenters. The molecule has 1 aromatic carbocycles. The van der Waals surface area contributed by atoms with Gasteiger partial charge in [0.2, 0.25) is 11.6 Å². The van der Waals surface area contributed by atoms with Crippen molar-refractivity contribution >= 4 is 40.4 Å². The molecule has 8 nitrogen and oxygen atoms in total. The Morgan fingerprint density at radius 1 is 1.07 bits per heavy atom. The van der Waals surface area contributed by atoms with Crippen LogP contribution >= 0.6 is 11.6 Å². The van der Waals surface area contributed by atoms with Gasteiger partial charge < -0.3 is 10.6 Å². The van der Waals surface area contributed by atoms with Gasteiger partial charge in [-0.05, 0) is 30.2 Å². The summed E-state index contributed by atoms with van der Waals surface area (Å²) in [7, 11) is 0. The molecule has 30 heavy (non-hydrogen) atoms. The van der Waals surface area contributed by atoms with Crippen molar-refractivity contribution in [2.45, 2.75) is 19.5 Å². The van der Waals surface area contributed by atoms with Crippen LogP contribution in [0, 0.1) is 10.1 Å². The molecule has 2 N–H and O–H groups in total. The Kier molecular flexibility index (Phi) is 6.01. The lowest BCUT2D eigenvalue weighted by Crippen LogP contribution is -2.08. The van der Waals surface area contributed by atoms with Crippen molar-refractivity contribution in [1.29, 1.82) is 0 Å². The van der Waals surface area contributed by atoms with E-state index in [2.05, 4.69) is 25.6 Å². The van der Waals surface area contributed by atoms with E-state index < -0.39 is 22.4 Å². The minimum absolute atomic E-state index is 0.107. The molecule has 0 spiro atoms. The number of alkyl halides is 3. The van der Waals surface area contributed by atoms with Gasteiger partial charge in [-0.15, -0.1) is 0 Å². The fourth-order valence-corrected chi connectivity index (χ4v) is 2.71. The van der Waals surface area contributed by atoms with Gasteiger partial charge in [0.15, 0.2) is 5.82 Å². The van der Waals surface area contributed by atoms with E-state index in [0.717, 1.165) is 18.3 Å². The molecule has 0 fully saturated rings. The third kappa shape index (κ3) is 4.74. The standard InChI is InChI=1S/C18H14ClF3N6O2/c1-2-10-3-5-12(6-4-10)26-16-14(28(29)30)17(25-9-24-16)27-15-13(19)7-11(8-23-15)18(20,21)22/h3-9H,2H2,1H3,(H2,23,24,25,26,27). The van der Waals surface area contributed by atoms with Gasteiger partial charge in [0.25, 0.3) is 0 Å². The predicted octanol–water partition coefficient (Wildman–Crippen LogP) is 5.50. The third-order valence-electron chi connectivity index (χ3n) is 4.04. The topological polar surface area (TPSA) is 106 Å². The van der Waals surface area contributed by atoms with Gasteiger partial charge in [-0.3, -0.25) is 10.1 Å². The van der Waals surface area contributed by atoms with Crippen molar-refractivity contribution < 1.29 is 18.1 Å². The number of pyridine rings is 1. The maximum Gasteiger partial charge on any atom is 0.417 e. The van der Waals surface area contributed by atoms with Gasteiger partial charge in [0, 0.05) is 11.9 Å². The summed E-state index contributed by atoms with van der Waals surface area (Å²) in [5.74, 6) is -0.605. The molecule has 0 aliphatic carbocycles. The average Bonchev–Trinajstić information content (AvgIpc) is 2.69. The zero-order valence-corrected chi connectivity index (χ0v) is 16.1.